The van der Waals surface area contributed by atoms with Gasteiger partial charge < -0.3 is 14.5 Å². The molecular weight excluding hydrogens is 372 g/mol. The molecule has 0 spiro atoms. The maximum atomic E-state index is 11.6. The molecule has 4 rings (SSSR count). The van der Waals surface area contributed by atoms with Crippen LogP contribution in [0.25, 0.3) is 10.2 Å². The minimum absolute atomic E-state index is 0.306. The number of thiophene rings is 1. The predicted molar refractivity (Wildman–Crippen MR) is 114 cm³/mol. The van der Waals surface area contributed by atoms with E-state index in [1.54, 1.807) is 17.7 Å². The van der Waals surface area contributed by atoms with E-state index in [1.807, 2.05) is 24.3 Å². The van der Waals surface area contributed by atoms with Crippen LogP contribution in [-0.2, 0) is 11.2 Å². The van der Waals surface area contributed by atoms with Crippen molar-refractivity contribution in [2.45, 2.75) is 26.3 Å². The molecule has 1 unspecified atom stereocenters. The minimum atomic E-state index is -0.306. The predicted octanol–water partition coefficient (Wildman–Crippen LogP) is 3.76. The fraction of sp³-hybridized carbons (Fsp3) is 0.381. The van der Waals surface area contributed by atoms with E-state index in [9.17, 15) is 4.79 Å². The number of ether oxygens (including phenoxy) is 1. The smallest absolute Gasteiger partial charge is 0.337 e. The molecule has 1 atom stereocenters. The summed E-state index contributed by atoms with van der Waals surface area (Å²) in [5.41, 5.74) is 1.70. The highest BCUT2D eigenvalue weighted by Gasteiger charge is 2.27. The molecule has 1 fully saturated rings. The van der Waals surface area contributed by atoms with Crippen molar-refractivity contribution in [1.82, 2.24) is 9.97 Å². The van der Waals surface area contributed by atoms with E-state index < -0.39 is 0 Å². The molecule has 3 heterocycles. The molecule has 7 heteroatoms. The second kappa shape index (κ2) is 7.75. The summed E-state index contributed by atoms with van der Waals surface area (Å²) < 4.78 is 4.78. The number of hydrogen-bond donors (Lipinski definition) is 0. The molecule has 0 saturated carbocycles. The Bertz CT molecular complexity index is 986. The number of methoxy groups -OCH3 is 1. The Morgan fingerprint density at radius 3 is 2.71 bits per heavy atom. The van der Waals surface area contributed by atoms with Gasteiger partial charge in [0.25, 0.3) is 0 Å². The Kier molecular flexibility index (Phi) is 5.17. The van der Waals surface area contributed by atoms with Crippen LogP contribution in [0.1, 0.15) is 29.1 Å². The Labute approximate surface area is 168 Å². The Morgan fingerprint density at radius 1 is 1.25 bits per heavy atom. The number of esters is 1. The lowest BCUT2D eigenvalue weighted by molar-refractivity contribution is 0.0601. The number of fused-ring (bicyclic) bond motifs is 1. The van der Waals surface area contributed by atoms with Gasteiger partial charge in [-0.2, -0.15) is 0 Å². The molecule has 1 aliphatic rings. The molecule has 0 aliphatic carbocycles. The molecule has 0 radical (unpaired) electrons. The van der Waals surface area contributed by atoms with Crippen LogP contribution in [0.15, 0.2) is 36.7 Å². The van der Waals surface area contributed by atoms with Gasteiger partial charge in [-0.25, -0.2) is 14.8 Å². The van der Waals surface area contributed by atoms with Crippen LogP contribution < -0.4 is 9.80 Å². The average molecular weight is 397 g/mol. The highest BCUT2D eigenvalue weighted by molar-refractivity contribution is 7.18. The van der Waals surface area contributed by atoms with Gasteiger partial charge in [0.2, 0.25) is 0 Å². The first kappa shape index (κ1) is 18.7. The summed E-state index contributed by atoms with van der Waals surface area (Å²) >= 11 is 1.75. The number of aryl methyl sites for hydroxylation is 1. The van der Waals surface area contributed by atoms with E-state index in [-0.39, 0.29) is 5.97 Å². The fourth-order valence-corrected chi connectivity index (χ4v) is 4.66. The van der Waals surface area contributed by atoms with Crippen LogP contribution in [0.4, 0.5) is 11.5 Å². The molecular formula is C21H24N4O2S. The number of anilines is 2. The standard InChI is InChI=1S/C21H24N4O2S/c1-4-17-11-18-19(22-13-23-20(18)28-17)25-10-9-24(12-14(25)2)16-7-5-15(6-8-16)21(26)27-3/h5-8,11,13-14H,4,9-10,12H2,1-3H3. The van der Waals surface area contributed by atoms with Crippen LogP contribution in [0.3, 0.4) is 0 Å². The number of rotatable bonds is 4. The van der Waals surface area contributed by atoms with Crippen molar-refractivity contribution in [2.24, 2.45) is 0 Å². The van der Waals surface area contributed by atoms with Gasteiger partial charge in [0.1, 0.15) is 17.0 Å². The van der Waals surface area contributed by atoms with Crippen LogP contribution in [0.2, 0.25) is 0 Å². The number of benzene rings is 1. The maximum Gasteiger partial charge on any atom is 0.337 e. The van der Waals surface area contributed by atoms with E-state index in [0.29, 0.717) is 11.6 Å². The first-order valence-corrected chi connectivity index (χ1v) is 10.4. The quantitative estimate of drug-likeness (QED) is 0.626. The monoisotopic (exact) mass is 396 g/mol. The number of piperazine rings is 1. The molecule has 28 heavy (non-hydrogen) atoms. The second-order valence-corrected chi connectivity index (χ2v) is 8.12. The van der Waals surface area contributed by atoms with Gasteiger partial charge in [-0.1, -0.05) is 6.92 Å². The van der Waals surface area contributed by atoms with E-state index in [4.69, 9.17) is 4.74 Å². The van der Waals surface area contributed by atoms with Crippen molar-refractivity contribution in [2.75, 3.05) is 36.5 Å². The van der Waals surface area contributed by atoms with Crippen LogP contribution in [0, 0.1) is 0 Å². The van der Waals surface area contributed by atoms with E-state index in [1.165, 1.54) is 12.0 Å². The third-order valence-corrected chi connectivity index (χ3v) is 6.45. The van der Waals surface area contributed by atoms with Gasteiger partial charge in [0.15, 0.2) is 0 Å². The molecule has 1 aliphatic heterocycles. The fourth-order valence-electron chi connectivity index (χ4n) is 3.73. The average Bonchev–Trinajstić information content (AvgIpc) is 3.17. The van der Waals surface area contributed by atoms with Gasteiger partial charge in [0.05, 0.1) is 18.1 Å². The number of aromatic nitrogens is 2. The minimum Gasteiger partial charge on any atom is -0.465 e. The van der Waals surface area contributed by atoms with E-state index >= 15 is 0 Å². The number of carbonyl (C=O) groups is 1. The van der Waals surface area contributed by atoms with Crippen LogP contribution >= 0.6 is 11.3 Å². The van der Waals surface area contributed by atoms with Gasteiger partial charge in [0, 0.05) is 36.2 Å². The first-order valence-electron chi connectivity index (χ1n) is 9.54. The normalized spacial score (nSPS) is 17.2. The third kappa shape index (κ3) is 3.42. The summed E-state index contributed by atoms with van der Waals surface area (Å²) in [5.74, 6) is 0.730. The topological polar surface area (TPSA) is 58.6 Å². The molecule has 3 aromatic rings. The van der Waals surface area contributed by atoms with E-state index in [0.717, 1.165) is 47.8 Å². The van der Waals surface area contributed by atoms with Crippen molar-refractivity contribution < 1.29 is 9.53 Å². The summed E-state index contributed by atoms with van der Waals surface area (Å²) in [5, 5.41) is 1.16. The molecule has 0 bridgehead atoms. The zero-order valence-corrected chi connectivity index (χ0v) is 17.2. The lowest BCUT2D eigenvalue weighted by Gasteiger charge is -2.41. The SMILES string of the molecule is CCc1cc2c(N3CCN(c4ccc(C(=O)OC)cc4)CC3C)ncnc2s1. The summed E-state index contributed by atoms with van der Waals surface area (Å²) in [6.45, 7) is 7.09. The van der Waals surface area contributed by atoms with E-state index in [2.05, 4.69) is 39.7 Å². The van der Waals surface area contributed by atoms with Gasteiger partial charge >= 0.3 is 5.97 Å². The van der Waals surface area contributed by atoms with Gasteiger partial charge in [-0.3, -0.25) is 0 Å². The van der Waals surface area contributed by atoms with Crippen molar-refractivity contribution >= 4 is 39.0 Å². The maximum absolute atomic E-state index is 11.6. The second-order valence-electron chi connectivity index (χ2n) is 7.01. The molecule has 146 valence electrons. The highest BCUT2D eigenvalue weighted by Crippen LogP contribution is 2.32. The molecule has 1 aromatic carbocycles. The Morgan fingerprint density at radius 2 is 2.04 bits per heavy atom. The summed E-state index contributed by atoms with van der Waals surface area (Å²) in [4.78, 5) is 27.8. The first-order chi connectivity index (χ1) is 13.6. The molecule has 1 saturated heterocycles. The number of nitrogens with zero attached hydrogens (tertiary/aromatic N) is 4. The number of carbonyl (C=O) groups excluding carboxylic acids is 1. The van der Waals surface area contributed by atoms with Crippen LogP contribution in [0.5, 0.6) is 0 Å². The van der Waals surface area contributed by atoms with Gasteiger partial charge in [-0.05, 0) is 43.7 Å². The molecule has 6 nitrogen and oxygen atoms in total. The van der Waals surface area contributed by atoms with Crippen molar-refractivity contribution in [3.05, 3.63) is 47.1 Å². The van der Waals surface area contributed by atoms with Crippen LogP contribution in [-0.4, -0.2) is 48.7 Å². The third-order valence-electron chi connectivity index (χ3n) is 5.26. The number of hydrogen-bond acceptors (Lipinski definition) is 7. The highest BCUT2D eigenvalue weighted by atomic mass is 32.1. The lowest BCUT2D eigenvalue weighted by atomic mass is 10.1. The Hall–Kier alpha value is -2.67. The summed E-state index contributed by atoms with van der Waals surface area (Å²) in [6.07, 6.45) is 2.70. The molecule has 0 N–H and O–H groups in total. The molecule has 0 amide bonds. The molecule has 2 aromatic heterocycles. The van der Waals surface area contributed by atoms with Crippen molar-refractivity contribution in [3.63, 3.8) is 0 Å². The van der Waals surface area contributed by atoms with Crippen molar-refractivity contribution in [3.8, 4) is 0 Å². The largest absolute Gasteiger partial charge is 0.465 e. The lowest BCUT2D eigenvalue weighted by Crippen LogP contribution is -2.52. The Balaban J connectivity index is 1.53. The summed E-state index contributed by atoms with van der Waals surface area (Å²) in [7, 11) is 1.40. The van der Waals surface area contributed by atoms with Gasteiger partial charge in [-0.15, -0.1) is 11.3 Å². The summed E-state index contributed by atoms with van der Waals surface area (Å²) in [6, 6.07) is 10.2. The van der Waals surface area contributed by atoms with Crippen molar-refractivity contribution in [1.29, 1.82) is 0 Å². The zero-order valence-electron chi connectivity index (χ0n) is 16.4. The zero-order chi connectivity index (χ0) is 19.7.